The first-order valence-electron chi connectivity index (χ1n) is 12.5. The standard InChI is InChI=1S/C26H36N6O3/c1-19-8-10-20(11-9-19)17-28-25(35)26(2)18-32-22(24(34)30(26)3)16-21(29-32)23(33)27-12-7-15-31-13-5-4-6-14-31/h8-11,16H,4-7,12-15,17-18H2,1-3H3,(H,27,33)(H,28,35). The summed E-state index contributed by atoms with van der Waals surface area (Å²) in [4.78, 5) is 42.8. The Morgan fingerprint density at radius 1 is 1.09 bits per heavy atom. The Hall–Kier alpha value is -3.20. The highest BCUT2D eigenvalue weighted by Gasteiger charge is 2.46. The minimum atomic E-state index is -1.12. The molecular weight excluding hydrogens is 444 g/mol. The van der Waals surface area contributed by atoms with Crippen molar-refractivity contribution in [3.8, 4) is 0 Å². The molecule has 1 aromatic heterocycles. The van der Waals surface area contributed by atoms with Crippen LogP contribution in [0.25, 0.3) is 0 Å². The topological polar surface area (TPSA) is 99.6 Å². The monoisotopic (exact) mass is 480 g/mol. The Balaban J connectivity index is 1.36. The van der Waals surface area contributed by atoms with E-state index in [1.807, 2.05) is 31.2 Å². The van der Waals surface area contributed by atoms with Gasteiger partial charge in [-0.3, -0.25) is 19.1 Å². The molecule has 0 saturated carbocycles. The van der Waals surface area contributed by atoms with E-state index in [2.05, 4.69) is 20.6 Å². The van der Waals surface area contributed by atoms with E-state index < -0.39 is 5.54 Å². The summed E-state index contributed by atoms with van der Waals surface area (Å²) in [6.07, 6.45) is 4.68. The molecular formula is C26H36N6O3. The van der Waals surface area contributed by atoms with Gasteiger partial charge < -0.3 is 20.4 Å². The smallest absolute Gasteiger partial charge is 0.272 e. The third-order valence-corrected chi connectivity index (χ3v) is 7.18. The lowest BCUT2D eigenvalue weighted by atomic mass is 9.95. The molecule has 2 N–H and O–H groups in total. The van der Waals surface area contributed by atoms with Crippen LogP contribution in [0.4, 0.5) is 0 Å². The number of hydrogen-bond donors (Lipinski definition) is 2. The van der Waals surface area contributed by atoms with Crippen LogP contribution in [0, 0.1) is 6.92 Å². The second-order valence-corrected chi connectivity index (χ2v) is 9.89. The number of carbonyl (C=O) groups is 3. The lowest BCUT2D eigenvalue weighted by molar-refractivity contribution is -0.132. The van der Waals surface area contributed by atoms with Crippen molar-refractivity contribution in [3.63, 3.8) is 0 Å². The lowest BCUT2D eigenvalue weighted by Crippen LogP contribution is -2.62. The van der Waals surface area contributed by atoms with Crippen LogP contribution < -0.4 is 10.6 Å². The molecule has 2 aliphatic heterocycles. The van der Waals surface area contributed by atoms with Gasteiger partial charge in [-0.05, 0) is 58.3 Å². The molecule has 35 heavy (non-hydrogen) atoms. The molecule has 1 saturated heterocycles. The van der Waals surface area contributed by atoms with E-state index in [4.69, 9.17) is 0 Å². The van der Waals surface area contributed by atoms with Gasteiger partial charge in [0, 0.05) is 26.2 Å². The highest BCUT2D eigenvalue weighted by molar-refractivity contribution is 6.01. The number of carbonyl (C=O) groups excluding carboxylic acids is 3. The largest absolute Gasteiger partial charge is 0.351 e. The third-order valence-electron chi connectivity index (χ3n) is 7.18. The molecule has 2 aromatic rings. The van der Waals surface area contributed by atoms with E-state index in [1.54, 1.807) is 14.0 Å². The molecule has 0 spiro atoms. The minimum absolute atomic E-state index is 0.173. The summed E-state index contributed by atoms with van der Waals surface area (Å²) in [5.41, 5.74) is 1.52. The number of likely N-dealkylation sites (tertiary alicyclic amines) is 1. The van der Waals surface area contributed by atoms with Crippen molar-refractivity contribution in [3.05, 3.63) is 52.8 Å². The fraction of sp³-hybridized carbons (Fsp3) is 0.538. The number of piperidine rings is 1. The molecule has 9 heteroatoms. The average Bonchev–Trinajstić information content (AvgIpc) is 3.29. The maximum atomic E-state index is 13.1. The lowest BCUT2D eigenvalue weighted by Gasteiger charge is -2.40. The van der Waals surface area contributed by atoms with Crippen molar-refractivity contribution in [1.82, 2.24) is 30.2 Å². The van der Waals surface area contributed by atoms with Gasteiger partial charge in [-0.15, -0.1) is 0 Å². The van der Waals surface area contributed by atoms with Crippen molar-refractivity contribution in [2.45, 2.75) is 58.2 Å². The van der Waals surface area contributed by atoms with Gasteiger partial charge in [0.1, 0.15) is 11.2 Å². The quantitative estimate of drug-likeness (QED) is 0.563. The van der Waals surface area contributed by atoms with Crippen LogP contribution in [-0.2, 0) is 17.9 Å². The van der Waals surface area contributed by atoms with Crippen LogP contribution in [0.2, 0.25) is 0 Å². The number of nitrogens with zero attached hydrogens (tertiary/aromatic N) is 4. The average molecular weight is 481 g/mol. The minimum Gasteiger partial charge on any atom is -0.351 e. The van der Waals surface area contributed by atoms with Crippen molar-refractivity contribution >= 4 is 17.7 Å². The van der Waals surface area contributed by atoms with Crippen molar-refractivity contribution in [1.29, 1.82) is 0 Å². The van der Waals surface area contributed by atoms with Gasteiger partial charge in [0.2, 0.25) is 5.91 Å². The number of benzene rings is 1. The van der Waals surface area contributed by atoms with Crippen LogP contribution >= 0.6 is 0 Å². The summed E-state index contributed by atoms with van der Waals surface area (Å²) in [5, 5.41) is 10.2. The van der Waals surface area contributed by atoms with Crippen LogP contribution in [0.15, 0.2) is 30.3 Å². The molecule has 9 nitrogen and oxygen atoms in total. The number of nitrogens with one attached hydrogen (secondary N) is 2. The van der Waals surface area contributed by atoms with Gasteiger partial charge in [0.25, 0.3) is 11.8 Å². The van der Waals surface area contributed by atoms with Gasteiger partial charge in [-0.25, -0.2) is 0 Å². The van der Waals surface area contributed by atoms with Gasteiger partial charge >= 0.3 is 0 Å². The van der Waals surface area contributed by atoms with E-state index in [1.165, 1.54) is 34.9 Å². The number of amides is 3. The van der Waals surface area contributed by atoms with Gasteiger partial charge in [-0.2, -0.15) is 5.10 Å². The first-order chi connectivity index (χ1) is 16.8. The Labute approximate surface area is 206 Å². The normalized spacial score (nSPS) is 20.4. The van der Waals surface area contributed by atoms with E-state index in [9.17, 15) is 14.4 Å². The van der Waals surface area contributed by atoms with Crippen LogP contribution in [0.1, 0.15) is 64.7 Å². The van der Waals surface area contributed by atoms with Gasteiger partial charge in [0.15, 0.2) is 5.69 Å². The van der Waals surface area contributed by atoms with E-state index in [0.717, 1.165) is 37.2 Å². The maximum absolute atomic E-state index is 13.1. The molecule has 0 bridgehead atoms. The summed E-state index contributed by atoms with van der Waals surface area (Å²) in [7, 11) is 1.62. The fourth-order valence-electron chi connectivity index (χ4n) is 4.70. The molecule has 1 unspecified atom stereocenters. The highest BCUT2D eigenvalue weighted by atomic mass is 16.2. The van der Waals surface area contributed by atoms with Crippen LogP contribution in [0.5, 0.6) is 0 Å². The third kappa shape index (κ3) is 5.56. The number of hydrogen-bond acceptors (Lipinski definition) is 5. The zero-order chi connectivity index (χ0) is 25.0. The molecule has 2 aliphatic rings. The molecule has 0 radical (unpaired) electrons. The van der Waals surface area contributed by atoms with E-state index >= 15 is 0 Å². The zero-order valence-corrected chi connectivity index (χ0v) is 21.0. The highest BCUT2D eigenvalue weighted by Crippen LogP contribution is 2.26. The fourth-order valence-corrected chi connectivity index (χ4v) is 4.70. The second kappa shape index (κ2) is 10.6. The molecule has 188 valence electrons. The molecule has 4 rings (SSSR count). The van der Waals surface area contributed by atoms with E-state index in [-0.39, 0.29) is 30.0 Å². The summed E-state index contributed by atoms with van der Waals surface area (Å²) in [6.45, 7) is 8.08. The molecule has 1 aromatic carbocycles. The van der Waals surface area contributed by atoms with Crippen molar-refractivity contribution in [2.24, 2.45) is 0 Å². The first-order valence-corrected chi connectivity index (χ1v) is 12.5. The Morgan fingerprint density at radius 3 is 2.51 bits per heavy atom. The predicted molar refractivity (Wildman–Crippen MR) is 133 cm³/mol. The van der Waals surface area contributed by atoms with Gasteiger partial charge in [0.05, 0.1) is 6.54 Å². The van der Waals surface area contributed by atoms with E-state index in [0.29, 0.717) is 18.8 Å². The number of fused-ring (bicyclic) bond motifs is 1. The van der Waals surface area contributed by atoms with Gasteiger partial charge in [-0.1, -0.05) is 36.2 Å². The first kappa shape index (κ1) is 24.9. The zero-order valence-electron chi connectivity index (χ0n) is 21.0. The molecule has 3 heterocycles. The summed E-state index contributed by atoms with van der Waals surface area (Å²) in [5.74, 6) is -0.897. The van der Waals surface area contributed by atoms with Crippen LogP contribution in [0.3, 0.4) is 0 Å². The Kier molecular flexibility index (Phi) is 7.54. The number of likely N-dealkylation sites (N-methyl/N-ethyl adjacent to an activating group) is 1. The van der Waals surface area contributed by atoms with Crippen molar-refractivity contribution < 1.29 is 14.4 Å². The molecule has 3 amide bonds. The van der Waals surface area contributed by atoms with Crippen molar-refractivity contribution in [2.75, 3.05) is 33.2 Å². The predicted octanol–water partition coefficient (Wildman–Crippen LogP) is 1.96. The number of rotatable bonds is 8. The summed E-state index contributed by atoms with van der Waals surface area (Å²) < 4.78 is 1.48. The van der Waals surface area contributed by atoms with Crippen LogP contribution in [-0.4, -0.2) is 76.1 Å². The molecule has 0 aliphatic carbocycles. The maximum Gasteiger partial charge on any atom is 0.272 e. The summed E-state index contributed by atoms with van der Waals surface area (Å²) >= 11 is 0. The summed E-state index contributed by atoms with van der Waals surface area (Å²) in [6, 6.07) is 9.45. The Bertz CT molecular complexity index is 1070. The SMILES string of the molecule is Cc1ccc(CNC(=O)C2(C)Cn3nc(C(=O)NCCCN4CCCCC4)cc3C(=O)N2C)cc1. The second-order valence-electron chi connectivity index (χ2n) is 9.89. The molecule has 1 atom stereocenters. The Morgan fingerprint density at radius 2 is 1.80 bits per heavy atom. The molecule has 1 fully saturated rings. The number of aryl methyl sites for hydroxylation is 1. The number of aromatic nitrogens is 2.